The van der Waals surface area contributed by atoms with Crippen molar-refractivity contribution in [1.29, 1.82) is 0 Å². The number of hydrogen-bond acceptors (Lipinski definition) is 7. The largest absolute Gasteiger partial charge is 0.454 e. The van der Waals surface area contributed by atoms with Gasteiger partial charge in [0.05, 0.1) is 22.1 Å². The van der Waals surface area contributed by atoms with Crippen LogP contribution in [0, 0.1) is 6.92 Å². The molecule has 2 aromatic carbocycles. The summed E-state index contributed by atoms with van der Waals surface area (Å²) in [6, 6.07) is 10.8. The van der Waals surface area contributed by atoms with Crippen molar-refractivity contribution >= 4 is 33.7 Å². The molecule has 0 saturated carbocycles. The van der Waals surface area contributed by atoms with Gasteiger partial charge in [-0.15, -0.1) is 0 Å². The molecule has 2 aromatic heterocycles. The summed E-state index contributed by atoms with van der Waals surface area (Å²) in [5, 5.41) is 4.38. The Morgan fingerprint density at radius 1 is 1.00 bits per heavy atom. The number of hydrogen-bond donors (Lipinski definition) is 2. The zero-order valence-electron chi connectivity index (χ0n) is 13.7. The zero-order chi connectivity index (χ0) is 17.7. The molecule has 26 heavy (non-hydrogen) atoms. The Hall–Kier alpha value is -3.68. The van der Waals surface area contributed by atoms with E-state index in [2.05, 4.69) is 25.3 Å². The van der Waals surface area contributed by atoms with Gasteiger partial charge >= 0.3 is 0 Å². The number of ether oxygens (including phenoxy) is 2. The van der Waals surface area contributed by atoms with Gasteiger partial charge in [0.2, 0.25) is 18.7 Å². The van der Waals surface area contributed by atoms with Crippen molar-refractivity contribution in [2.24, 2.45) is 0 Å². The number of benzene rings is 2. The normalized spacial score (nSPS) is 12.7. The van der Waals surface area contributed by atoms with Gasteiger partial charge in [0.15, 0.2) is 11.5 Å². The second-order valence-corrected chi connectivity index (χ2v) is 5.91. The Morgan fingerprint density at radius 3 is 2.69 bits per heavy atom. The van der Waals surface area contributed by atoms with Crippen LogP contribution in [0.25, 0.3) is 21.8 Å². The molecule has 0 bridgehead atoms. The number of anilines is 2. The van der Waals surface area contributed by atoms with Crippen LogP contribution in [0.2, 0.25) is 0 Å². The molecule has 2 N–H and O–H groups in total. The summed E-state index contributed by atoms with van der Waals surface area (Å²) in [6.45, 7) is 2.08. The molecule has 8 nitrogen and oxygen atoms in total. The van der Waals surface area contributed by atoms with Crippen molar-refractivity contribution in [2.45, 2.75) is 6.92 Å². The molecule has 0 saturated heterocycles. The van der Waals surface area contributed by atoms with Gasteiger partial charge in [-0.1, -0.05) is 12.1 Å². The summed E-state index contributed by atoms with van der Waals surface area (Å²) < 4.78 is 10.8. The Kier molecular flexibility index (Phi) is 3.05. The number of aromatic amines is 1. The maximum absolute atomic E-state index is 12.2. The SMILES string of the molecule is Cc1nc(Nc2nc3ccccc3c(=O)[nH]2)nc2cc3c(cc12)OCO3. The van der Waals surface area contributed by atoms with E-state index >= 15 is 0 Å². The zero-order valence-corrected chi connectivity index (χ0v) is 13.7. The lowest BCUT2D eigenvalue weighted by atomic mass is 10.2. The van der Waals surface area contributed by atoms with E-state index < -0.39 is 0 Å². The highest BCUT2D eigenvalue weighted by Crippen LogP contribution is 2.36. The van der Waals surface area contributed by atoms with Crippen LogP contribution in [0.3, 0.4) is 0 Å². The number of rotatable bonds is 2. The van der Waals surface area contributed by atoms with Crippen LogP contribution in [-0.4, -0.2) is 26.7 Å². The van der Waals surface area contributed by atoms with Gasteiger partial charge in [0.25, 0.3) is 5.56 Å². The van der Waals surface area contributed by atoms with Crippen molar-refractivity contribution in [3.8, 4) is 11.5 Å². The minimum Gasteiger partial charge on any atom is -0.454 e. The van der Waals surface area contributed by atoms with Crippen molar-refractivity contribution < 1.29 is 9.47 Å². The topological polar surface area (TPSA) is 102 Å². The lowest BCUT2D eigenvalue weighted by Gasteiger charge is -2.08. The van der Waals surface area contributed by atoms with Gasteiger partial charge < -0.3 is 9.47 Å². The van der Waals surface area contributed by atoms with Gasteiger partial charge in [-0.3, -0.25) is 15.1 Å². The van der Waals surface area contributed by atoms with Gasteiger partial charge in [0, 0.05) is 11.5 Å². The second-order valence-electron chi connectivity index (χ2n) is 5.91. The molecule has 1 aliphatic heterocycles. The number of aryl methyl sites for hydroxylation is 1. The van der Waals surface area contributed by atoms with E-state index in [1.165, 1.54) is 0 Å². The Bertz CT molecular complexity index is 1230. The molecule has 5 rings (SSSR count). The molecule has 0 unspecified atom stereocenters. The minimum atomic E-state index is -0.223. The van der Waals surface area contributed by atoms with Crippen LogP contribution in [0.5, 0.6) is 11.5 Å². The van der Waals surface area contributed by atoms with Gasteiger partial charge in [-0.05, 0) is 25.1 Å². The third kappa shape index (κ3) is 2.31. The minimum absolute atomic E-state index is 0.200. The number of aromatic nitrogens is 4. The Labute approximate surface area is 146 Å². The molecule has 0 amide bonds. The molecule has 3 heterocycles. The quantitative estimate of drug-likeness (QED) is 0.575. The van der Waals surface area contributed by atoms with Crippen LogP contribution in [0.1, 0.15) is 5.69 Å². The monoisotopic (exact) mass is 347 g/mol. The molecule has 8 heteroatoms. The standard InChI is InChI=1S/C18H13N5O3/c1-9-11-6-14-15(26-8-25-14)7-13(11)21-17(19-9)23-18-20-12-5-3-2-4-10(12)16(24)22-18/h2-7H,8H2,1H3,(H2,19,20,21,22,23,24). The number of H-pyrrole nitrogens is 1. The van der Waals surface area contributed by atoms with Gasteiger partial charge in [-0.25, -0.2) is 15.0 Å². The van der Waals surface area contributed by atoms with E-state index in [1.807, 2.05) is 25.1 Å². The van der Waals surface area contributed by atoms with Gasteiger partial charge in [0.1, 0.15) is 0 Å². The van der Waals surface area contributed by atoms with Crippen LogP contribution in [-0.2, 0) is 0 Å². The molecule has 0 spiro atoms. The van der Waals surface area contributed by atoms with Crippen molar-refractivity contribution in [2.75, 3.05) is 12.1 Å². The van der Waals surface area contributed by atoms with Crippen molar-refractivity contribution in [3.63, 3.8) is 0 Å². The van der Waals surface area contributed by atoms with E-state index in [0.717, 1.165) is 11.1 Å². The lowest BCUT2D eigenvalue weighted by Crippen LogP contribution is -2.12. The highest BCUT2D eigenvalue weighted by molar-refractivity contribution is 5.86. The van der Waals surface area contributed by atoms with Crippen molar-refractivity contribution in [1.82, 2.24) is 19.9 Å². The summed E-state index contributed by atoms with van der Waals surface area (Å²) in [5.74, 6) is 1.96. The smallest absolute Gasteiger partial charge is 0.260 e. The third-order valence-electron chi connectivity index (χ3n) is 4.22. The van der Waals surface area contributed by atoms with Crippen LogP contribution in [0.15, 0.2) is 41.2 Å². The predicted octanol–water partition coefficient (Wildman–Crippen LogP) is 2.65. The predicted molar refractivity (Wildman–Crippen MR) is 96.0 cm³/mol. The first-order valence-corrected chi connectivity index (χ1v) is 8.01. The molecular weight excluding hydrogens is 334 g/mol. The average molecular weight is 347 g/mol. The lowest BCUT2D eigenvalue weighted by molar-refractivity contribution is 0.174. The summed E-state index contributed by atoms with van der Waals surface area (Å²) in [7, 11) is 0. The first kappa shape index (κ1) is 14.6. The first-order valence-electron chi connectivity index (χ1n) is 8.01. The maximum atomic E-state index is 12.2. The van der Waals surface area contributed by atoms with Crippen molar-refractivity contribution in [3.05, 3.63) is 52.4 Å². The maximum Gasteiger partial charge on any atom is 0.260 e. The summed E-state index contributed by atoms with van der Waals surface area (Å²) >= 11 is 0. The number of fused-ring (bicyclic) bond motifs is 3. The molecule has 0 aliphatic carbocycles. The highest BCUT2D eigenvalue weighted by atomic mass is 16.7. The fourth-order valence-corrected chi connectivity index (χ4v) is 2.98. The first-order chi connectivity index (χ1) is 12.7. The fourth-order valence-electron chi connectivity index (χ4n) is 2.98. The highest BCUT2D eigenvalue weighted by Gasteiger charge is 2.17. The van der Waals surface area contributed by atoms with E-state index in [0.29, 0.717) is 33.9 Å². The molecule has 1 aliphatic rings. The fraction of sp³-hybridized carbons (Fsp3) is 0.111. The van der Waals surface area contributed by atoms with E-state index in [9.17, 15) is 4.79 Å². The summed E-state index contributed by atoms with van der Waals surface area (Å²) in [4.78, 5) is 28.3. The summed E-state index contributed by atoms with van der Waals surface area (Å²) in [6.07, 6.45) is 0. The Morgan fingerprint density at radius 2 is 1.81 bits per heavy atom. The summed E-state index contributed by atoms with van der Waals surface area (Å²) in [5.41, 5.74) is 1.87. The van der Waals surface area contributed by atoms with E-state index in [-0.39, 0.29) is 18.3 Å². The number of nitrogens with one attached hydrogen (secondary N) is 2. The van der Waals surface area contributed by atoms with Crippen LogP contribution >= 0.6 is 0 Å². The molecule has 0 fully saturated rings. The second kappa shape index (κ2) is 5.41. The van der Waals surface area contributed by atoms with Gasteiger partial charge in [-0.2, -0.15) is 0 Å². The third-order valence-corrected chi connectivity index (χ3v) is 4.22. The molecule has 0 radical (unpaired) electrons. The molecule has 0 atom stereocenters. The van der Waals surface area contributed by atoms with Crippen LogP contribution < -0.4 is 20.3 Å². The molecular formula is C18H13N5O3. The number of para-hydroxylation sites is 1. The molecule has 128 valence electrons. The number of nitrogens with zero attached hydrogens (tertiary/aromatic N) is 3. The van der Waals surface area contributed by atoms with E-state index in [4.69, 9.17) is 9.47 Å². The van der Waals surface area contributed by atoms with E-state index in [1.54, 1.807) is 18.2 Å². The molecule has 4 aromatic rings. The Balaban J connectivity index is 1.59. The average Bonchev–Trinajstić information content (AvgIpc) is 3.08. The van der Waals surface area contributed by atoms with Crippen LogP contribution in [0.4, 0.5) is 11.9 Å².